The van der Waals surface area contributed by atoms with Crippen LogP contribution in [0.15, 0.2) is 53.0 Å². The minimum atomic E-state index is 0.0196. The number of hydrogen-bond acceptors (Lipinski definition) is 3. The topological polar surface area (TPSA) is 49.7 Å². The molecule has 4 rings (SSSR count). The third-order valence-corrected chi connectivity index (χ3v) is 6.75. The first-order valence-corrected chi connectivity index (χ1v) is 11.9. The highest BCUT2D eigenvalue weighted by atomic mass is 127. The largest absolute Gasteiger partial charge is 0.339 e. The standard InChI is InChI=1S/C25H25IN2O2/c1-16-22(17(2)29)14-21-13-20(9-10-23(21)27-24(16)15-26)18-5-7-19(8-6-18)25(30)28-11-3-4-12-28/h5-10,13-14,16H,3-4,11-12,15H2,1-2H3. The zero-order valence-electron chi connectivity index (χ0n) is 17.3. The van der Waals surface area contributed by atoms with Gasteiger partial charge in [-0.2, -0.15) is 0 Å². The first-order valence-electron chi connectivity index (χ1n) is 10.4. The molecule has 1 fully saturated rings. The van der Waals surface area contributed by atoms with E-state index in [1.54, 1.807) is 6.92 Å². The van der Waals surface area contributed by atoms with Crippen molar-refractivity contribution >= 4 is 51.8 Å². The Hall–Kier alpha value is -2.28. The fourth-order valence-corrected chi connectivity index (χ4v) is 4.97. The number of alkyl halides is 1. The maximum atomic E-state index is 12.6. The van der Waals surface area contributed by atoms with E-state index in [1.165, 1.54) is 0 Å². The molecule has 2 aromatic carbocycles. The third kappa shape index (κ3) is 4.13. The Labute approximate surface area is 191 Å². The molecule has 2 aliphatic heterocycles. The van der Waals surface area contributed by atoms with Crippen LogP contribution in [0.3, 0.4) is 0 Å². The molecule has 0 aromatic heterocycles. The van der Waals surface area contributed by atoms with Crippen LogP contribution in [0.2, 0.25) is 0 Å². The Kier molecular flexibility index (Phi) is 6.18. The Morgan fingerprint density at radius 3 is 2.37 bits per heavy atom. The average molecular weight is 512 g/mol. The number of allylic oxidation sites excluding steroid dienone is 1. The van der Waals surface area contributed by atoms with Gasteiger partial charge in [0.05, 0.1) is 5.69 Å². The lowest BCUT2D eigenvalue weighted by atomic mass is 9.92. The number of amides is 1. The summed E-state index contributed by atoms with van der Waals surface area (Å²) in [4.78, 5) is 31.6. The predicted molar refractivity (Wildman–Crippen MR) is 131 cm³/mol. The molecule has 2 heterocycles. The number of Topliss-reactive ketones (excluding diaryl/α,β-unsaturated/α-hetero) is 1. The van der Waals surface area contributed by atoms with Crippen molar-refractivity contribution in [2.45, 2.75) is 26.7 Å². The molecule has 1 unspecified atom stereocenters. The quantitative estimate of drug-likeness (QED) is 0.389. The second-order valence-electron chi connectivity index (χ2n) is 7.96. The van der Waals surface area contributed by atoms with Crippen LogP contribution < -0.4 is 0 Å². The van der Waals surface area contributed by atoms with E-state index in [1.807, 2.05) is 48.2 Å². The van der Waals surface area contributed by atoms with Gasteiger partial charge in [-0.15, -0.1) is 0 Å². The van der Waals surface area contributed by atoms with Crippen molar-refractivity contribution in [3.05, 3.63) is 59.2 Å². The van der Waals surface area contributed by atoms with E-state index < -0.39 is 0 Å². The van der Waals surface area contributed by atoms with Crippen molar-refractivity contribution in [3.63, 3.8) is 0 Å². The Morgan fingerprint density at radius 2 is 1.73 bits per heavy atom. The lowest BCUT2D eigenvalue weighted by molar-refractivity contribution is -0.113. The Balaban J connectivity index is 1.67. The molecule has 2 aliphatic rings. The molecule has 2 aromatic rings. The molecule has 1 amide bonds. The van der Waals surface area contributed by atoms with Crippen LogP contribution in [-0.4, -0.2) is 39.8 Å². The van der Waals surface area contributed by atoms with Gasteiger partial charge in [0.25, 0.3) is 5.91 Å². The summed E-state index contributed by atoms with van der Waals surface area (Å²) in [6.45, 7) is 5.38. The van der Waals surface area contributed by atoms with Crippen LogP contribution in [0.25, 0.3) is 17.2 Å². The second kappa shape index (κ2) is 8.84. The minimum absolute atomic E-state index is 0.0196. The van der Waals surface area contributed by atoms with Crippen LogP contribution in [-0.2, 0) is 4.79 Å². The number of hydrogen-bond donors (Lipinski definition) is 0. The molecule has 0 bridgehead atoms. The fourth-order valence-electron chi connectivity index (χ4n) is 4.14. The molecular weight excluding hydrogens is 487 g/mol. The molecule has 0 N–H and O–H groups in total. The van der Waals surface area contributed by atoms with E-state index >= 15 is 0 Å². The summed E-state index contributed by atoms with van der Waals surface area (Å²) in [5.41, 5.74) is 6.51. The van der Waals surface area contributed by atoms with E-state index in [-0.39, 0.29) is 17.6 Å². The molecule has 4 nitrogen and oxygen atoms in total. The van der Waals surface area contributed by atoms with Gasteiger partial charge in [0.1, 0.15) is 0 Å². The molecule has 0 aliphatic carbocycles. The van der Waals surface area contributed by atoms with Gasteiger partial charge in [-0.3, -0.25) is 14.6 Å². The summed E-state index contributed by atoms with van der Waals surface area (Å²) >= 11 is 2.31. The molecule has 154 valence electrons. The second-order valence-corrected chi connectivity index (χ2v) is 8.73. The van der Waals surface area contributed by atoms with Crippen LogP contribution in [0.4, 0.5) is 5.69 Å². The number of carbonyl (C=O) groups excluding carboxylic acids is 2. The molecule has 5 heteroatoms. The fraction of sp³-hybridized carbons (Fsp3) is 0.320. The number of halogens is 1. The molecule has 0 saturated carbocycles. The summed E-state index contributed by atoms with van der Waals surface area (Å²) in [5.74, 6) is 0.221. The summed E-state index contributed by atoms with van der Waals surface area (Å²) < 4.78 is 0.789. The van der Waals surface area contributed by atoms with Gasteiger partial charge in [-0.25, -0.2) is 0 Å². The van der Waals surface area contributed by atoms with E-state index in [4.69, 9.17) is 4.99 Å². The smallest absolute Gasteiger partial charge is 0.253 e. The lowest BCUT2D eigenvalue weighted by Crippen LogP contribution is -2.27. The molecule has 1 atom stereocenters. The number of aliphatic imine (C=N–C) groups is 1. The number of ketones is 1. The normalized spacial score (nSPS) is 18.4. The van der Waals surface area contributed by atoms with Gasteiger partial charge in [0, 0.05) is 45.8 Å². The molecule has 1 saturated heterocycles. The van der Waals surface area contributed by atoms with Gasteiger partial charge in [-0.1, -0.05) is 47.7 Å². The maximum absolute atomic E-state index is 12.6. The summed E-state index contributed by atoms with van der Waals surface area (Å²) in [7, 11) is 0. The van der Waals surface area contributed by atoms with E-state index in [0.29, 0.717) is 0 Å². The van der Waals surface area contributed by atoms with Crippen molar-refractivity contribution < 1.29 is 9.59 Å². The number of rotatable bonds is 4. The monoisotopic (exact) mass is 512 g/mol. The van der Waals surface area contributed by atoms with E-state index in [0.717, 1.165) is 69.6 Å². The number of fused-ring (bicyclic) bond motifs is 1. The number of likely N-dealkylation sites (tertiary alicyclic amines) is 1. The summed E-state index contributed by atoms with van der Waals surface area (Å²) in [5, 5.41) is 0. The van der Waals surface area contributed by atoms with Crippen LogP contribution in [0.5, 0.6) is 0 Å². The summed E-state index contributed by atoms with van der Waals surface area (Å²) in [6, 6.07) is 14.0. The Morgan fingerprint density at radius 1 is 1.07 bits per heavy atom. The number of carbonyl (C=O) groups is 2. The first kappa shape index (κ1) is 21.0. The summed E-state index contributed by atoms with van der Waals surface area (Å²) in [6.07, 6.45) is 4.17. The van der Waals surface area contributed by atoms with Gasteiger partial charge >= 0.3 is 0 Å². The zero-order chi connectivity index (χ0) is 21.3. The van der Waals surface area contributed by atoms with Crippen LogP contribution in [0, 0.1) is 5.92 Å². The highest BCUT2D eigenvalue weighted by molar-refractivity contribution is 14.1. The molecule has 30 heavy (non-hydrogen) atoms. The first-order chi connectivity index (χ1) is 14.5. The lowest BCUT2D eigenvalue weighted by Gasteiger charge is -2.15. The van der Waals surface area contributed by atoms with Crippen LogP contribution in [0.1, 0.15) is 42.6 Å². The van der Waals surface area contributed by atoms with Gasteiger partial charge in [0.2, 0.25) is 0 Å². The predicted octanol–water partition coefficient (Wildman–Crippen LogP) is 5.72. The van der Waals surface area contributed by atoms with Crippen molar-refractivity contribution in [1.82, 2.24) is 4.90 Å². The van der Waals surface area contributed by atoms with Gasteiger partial charge in [-0.05, 0) is 61.2 Å². The average Bonchev–Trinajstić information content (AvgIpc) is 3.25. The van der Waals surface area contributed by atoms with Gasteiger partial charge in [0.15, 0.2) is 5.78 Å². The molecule has 0 radical (unpaired) electrons. The van der Waals surface area contributed by atoms with E-state index in [2.05, 4.69) is 34.7 Å². The highest BCUT2D eigenvalue weighted by Gasteiger charge is 2.23. The van der Waals surface area contributed by atoms with Crippen LogP contribution >= 0.6 is 22.6 Å². The number of nitrogens with zero attached hydrogens (tertiary/aromatic N) is 2. The van der Waals surface area contributed by atoms with Crippen molar-refractivity contribution in [3.8, 4) is 11.1 Å². The highest BCUT2D eigenvalue weighted by Crippen LogP contribution is 2.34. The molecular formula is C25H25IN2O2. The molecule has 0 spiro atoms. The SMILES string of the molecule is CC(=O)C1=Cc2cc(-c3ccc(C(=O)N4CCCC4)cc3)ccc2N=C(CI)C1C. The minimum Gasteiger partial charge on any atom is -0.339 e. The van der Waals surface area contributed by atoms with Crippen molar-refractivity contribution in [2.75, 3.05) is 17.5 Å². The Bertz CT molecular complexity index is 1050. The number of benzene rings is 2. The third-order valence-electron chi connectivity index (χ3n) is 5.97. The van der Waals surface area contributed by atoms with Crippen molar-refractivity contribution in [1.29, 1.82) is 0 Å². The van der Waals surface area contributed by atoms with Gasteiger partial charge < -0.3 is 4.90 Å². The van der Waals surface area contributed by atoms with Crippen molar-refractivity contribution in [2.24, 2.45) is 10.9 Å². The zero-order valence-corrected chi connectivity index (χ0v) is 19.5. The van der Waals surface area contributed by atoms with E-state index in [9.17, 15) is 9.59 Å². The maximum Gasteiger partial charge on any atom is 0.253 e.